The number of ether oxygens (including phenoxy) is 2. The summed E-state index contributed by atoms with van der Waals surface area (Å²) in [5.41, 5.74) is 6.68. The number of anilines is 1. The molecular weight excluding hydrogens is 416 g/mol. The Labute approximate surface area is 178 Å². The van der Waals surface area contributed by atoms with Gasteiger partial charge in [0, 0.05) is 5.02 Å². The van der Waals surface area contributed by atoms with Gasteiger partial charge >= 0.3 is 5.97 Å². The number of primary amides is 1. The first-order chi connectivity index (χ1) is 13.5. The molecule has 0 saturated carbocycles. The highest BCUT2D eigenvalue weighted by Gasteiger charge is 2.27. The van der Waals surface area contributed by atoms with Gasteiger partial charge in [0.2, 0.25) is 0 Å². The fourth-order valence-corrected chi connectivity index (χ4v) is 3.89. The van der Waals surface area contributed by atoms with Crippen LogP contribution in [0.2, 0.25) is 5.02 Å². The smallest absolute Gasteiger partial charge is 0.348 e. The molecule has 9 heteroatoms. The first kappa shape index (κ1) is 22.7. The van der Waals surface area contributed by atoms with E-state index in [4.69, 9.17) is 26.8 Å². The molecule has 0 radical (unpaired) electrons. The van der Waals surface area contributed by atoms with Gasteiger partial charge < -0.3 is 20.5 Å². The molecule has 0 aliphatic carbocycles. The van der Waals surface area contributed by atoms with Crippen molar-refractivity contribution in [1.29, 1.82) is 0 Å². The summed E-state index contributed by atoms with van der Waals surface area (Å²) in [4.78, 5) is 37.0. The third-order valence-electron chi connectivity index (χ3n) is 3.97. The standard InChI is InChI=1S/C20H23ClN2O5S/c1-9(2)27-20(26)16-11(4)15(17(22)24)19(29-16)23-18(25)12(5)28-14-7-6-13(21)8-10(14)3/h6-9,12H,1-5H3,(H2,22,24)(H,23,25). The van der Waals surface area contributed by atoms with Crippen molar-refractivity contribution in [3.8, 4) is 5.75 Å². The number of benzene rings is 1. The molecule has 1 unspecified atom stereocenters. The van der Waals surface area contributed by atoms with Gasteiger partial charge in [-0.3, -0.25) is 9.59 Å². The molecule has 0 saturated heterocycles. The number of hydrogen-bond donors (Lipinski definition) is 2. The summed E-state index contributed by atoms with van der Waals surface area (Å²) < 4.78 is 10.9. The SMILES string of the molecule is Cc1cc(Cl)ccc1OC(C)C(=O)Nc1sc(C(=O)OC(C)C)c(C)c1C(N)=O. The van der Waals surface area contributed by atoms with Crippen LogP contribution in [0.5, 0.6) is 5.75 Å². The van der Waals surface area contributed by atoms with Gasteiger partial charge in [-0.1, -0.05) is 11.6 Å². The predicted octanol–water partition coefficient (Wildman–Crippen LogP) is 4.09. The van der Waals surface area contributed by atoms with Crippen LogP contribution in [0.3, 0.4) is 0 Å². The van der Waals surface area contributed by atoms with E-state index in [9.17, 15) is 14.4 Å². The van der Waals surface area contributed by atoms with Crippen LogP contribution in [-0.2, 0) is 9.53 Å². The number of hydrogen-bond acceptors (Lipinski definition) is 6. The number of nitrogens with one attached hydrogen (secondary N) is 1. The molecule has 2 amide bonds. The van der Waals surface area contributed by atoms with Crippen LogP contribution in [0.15, 0.2) is 18.2 Å². The van der Waals surface area contributed by atoms with Crippen molar-refractivity contribution in [2.24, 2.45) is 5.73 Å². The van der Waals surface area contributed by atoms with Gasteiger partial charge in [0.25, 0.3) is 11.8 Å². The molecule has 0 bridgehead atoms. The maximum absolute atomic E-state index is 12.6. The first-order valence-electron chi connectivity index (χ1n) is 8.89. The van der Waals surface area contributed by atoms with Crippen molar-refractivity contribution in [1.82, 2.24) is 0 Å². The summed E-state index contributed by atoms with van der Waals surface area (Å²) in [7, 11) is 0. The van der Waals surface area contributed by atoms with Gasteiger partial charge in [0.1, 0.15) is 15.6 Å². The second-order valence-electron chi connectivity index (χ2n) is 6.74. The quantitative estimate of drug-likeness (QED) is 0.633. The monoisotopic (exact) mass is 438 g/mol. The summed E-state index contributed by atoms with van der Waals surface area (Å²) in [6.07, 6.45) is -1.20. The number of aryl methyl sites for hydroxylation is 1. The third kappa shape index (κ3) is 5.48. The predicted molar refractivity (Wildman–Crippen MR) is 113 cm³/mol. The fraction of sp³-hybridized carbons (Fsp3) is 0.350. The molecule has 1 heterocycles. The molecular formula is C20H23ClN2O5S. The van der Waals surface area contributed by atoms with E-state index in [2.05, 4.69) is 5.32 Å². The van der Waals surface area contributed by atoms with Gasteiger partial charge in [-0.05, 0) is 63.9 Å². The molecule has 29 heavy (non-hydrogen) atoms. The lowest BCUT2D eigenvalue weighted by atomic mass is 10.1. The molecule has 1 aromatic carbocycles. The normalized spacial score (nSPS) is 11.8. The zero-order valence-corrected chi connectivity index (χ0v) is 18.4. The Bertz CT molecular complexity index is 955. The van der Waals surface area contributed by atoms with Crippen molar-refractivity contribution in [3.63, 3.8) is 0 Å². The number of carbonyl (C=O) groups excluding carboxylic acids is 3. The van der Waals surface area contributed by atoms with Crippen LogP contribution in [-0.4, -0.2) is 30.0 Å². The summed E-state index contributed by atoms with van der Waals surface area (Å²) in [5, 5.41) is 3.37. The number of carbonyl (C=O) groups is 3. The minimum atomic E-state index is -0.871. The lowest BCUT2D eigenvalue weighted by Crippen LogP contribution is -2.30. The second kappa shape index (κ2) is 9.28. The van der Waals surface area contributed by atoms with E-state index in [0.29, 0.717) is 16.3 Å². The molecule has 0 spiro atoms. The molecule has 0 aliphatic rings. The van der Waals surface area contributed by atoms with Crippen LogP contribution in [0.4, 0.5) is 5.00 Å². The number of esters is 1. The van der Waals surface area contributed by atoms with Crippen LogP contribution in [0.1, 0.15) is 51.9 Å². The number of amides is 2. The Morgan fingerprint density at radius 1 is 1.17 bits per heavy atom. The zero-order chi connectivity index (χ0) is 21.9. The van der Waals surface area contributed by atoms with Crippen molar-refractivity contribution in [3.05, 3.63) is 44.8 Å². The molecule has 0 aliphatic heterocycles. The van der Waals surface area contributed by atoms with Gasteiger partial charge in [-0.2, -0.15) is 0 Å². The Kier molecular flexibility index (Phi) is 7.26. The van der Waals surface area contributed by atoms with Crippen LogP contribution in [0.25, 0.3) is 0 Å². The van der Waals surface area contributed by atoms with Crippen molar-refractivity contribution < 1.29 is 23.9 Å². The molecule has 0 fully saturated rings. The Morgan fingerprint density at radius 2 is 1.83 bits per heavy atom. The van der Waals surface area contributed by atoms with Crippen LogP contribution < -0.4 is 15.8 Å². The first-order valence-corrected chi connectivity index (χ1v) is 10.1. The lowest BCUT2D eigenvalue weighted by Gasteiger charge is -2.16. The summed E-state index contributed by atoms with van der Waals surface area (Å²) in [5.74, 6) is -1.31. The van der Waals surface area contributed by atoms with Gasteiger partial charge in [-0.15, -0.1) is 11.3 Å². The third-order valence-corrected chi connectivity index (χ3v) is 5.39. The minimum absolute atomic E-state index is 0.0777. The molecule has 1 aromatic heterocycles. The van der Waals surface area contributed by atoms with E-state index < -0.39 is 23.9 Å². The highest BCUT2D eigenvalue weighted by atomic mass is 35.5. The second-order valence-corrected chi connectivity index (χ2v) is 8.19. The van der Waals surface area contributed by atoms with E-state index in [0.717, 1.165) is 16.9 Å². The van der Waals surface area contributed by atoms with E-state index in [-0.39, 0.29) is 21.5 Å². The van der Waals surface area contributed by atoms with Gasteiger partial charge in [0.15, 0.2) is 6.10 Å². The van der Waals surface area contributed by atoms with Crippen molar-refractivity contribution in [2.45, 2.75) is 46.8 Å². The molecule has 7 nitrogen and oxygen atoms in total. The average molecular weight is 439 g/mol. The number of nitrogens with two attached hydrogens (primary N) is 1. The summed E-state index contributed by atoms with van der Waals surface area (Å²) in [6.45, 7) is 8.40. The van der Waals surface area contributed by atoms with Gasteiger partial charge in [0.05, 0.1) is 11.7 Å². The number of halogens is 1. The minimum Gasteiger partial charge on any atom is -0.481 e. The van der Waals surface area contributed by atoms with Crippen molar-refractivity contribution in [2.75, 3.05) is 5.32 Å². The summed E-state index contributed by atoms with van der Waals surface area (Å²) in [6, 6.07) is 5.06. The molecule has 2 aromatic rings. The van der Waals surface area contributed by atoms with Crippen LogP contribution in [0, 0.1) is 13.8 Å². The zero-order valence-electron chi connectivity index (χ0n) is 16.8. The Balaban J connectivity index is 2.24. The maximum atomic E-state index is 12.6. The molecule has 1 atom stereocenters. The topological polar surface area (TPSA) is 108 Å². The lowest BCUT2D eigenvalue weighted by molar-refractivity contribution is -0.122. The Hall–Kier alpha value is -2.58. The van der Waals surface area contributed by atoms with E-state index in [1.54, 1.807) is 45.9 Å². The highest BCUT2D eigenvalue weighted by molar-refractivity contribution is 7.18. The Morgan fingerprint density at radius 3 is 2.38 bits per heavy atom. The molecule has 3 N–H and O–H groups in total. The number of rotatable bonds is 7. The largest absolute Gasteiger partial charge is 0.481 e. The number of thiophene rings is 1. The van der Waals surface area contributed by atoms with Gasteiger partial charge in [-0.25, -0.2) is 4.79 Å². The molecule has 156 valence electrons. The average Bonchev–Trinajstić information content (AvgIpc) is 2.93. The summed E-state index contributed by atoms with van der Waals surface area (Å²) >= 11 is 6.87. The van der Waals surface area contributed by atoms with Crippen LogP contribution >= 0.6 is 22.9 Å². The van der Waals surface area contributed by atoms with Crippen molar-refractivity contribution >= 4 is 45.7 Å². The molecule has 2 rings (SSSR count). The fourth-order valence-electron chi connectivity index (χ4n) is 2.56. The van der Waals surface area contributed by atoms with E-state index in [1.807, 2.05) is 6.92 Å². The van der Waals surface area contributed by atoms with E-state index >= 15 is 0 Å². The highest BCUT2D eigenvalue weighted by Crippen LogP contribution is 2.34. The van der Waals surface area contributed by atoms with E-state index in [1.165, 1.54) is 0 Å². The maximum Gasteiger partial charge on any atom is 0.348 e.